The van der Waals surface area contributed by atoms with Gasteiger partial charge in [-0.25, -0.2) is 0 Å². The molecule has 1 fully saturated rings. The van der Waals surface area contributed by atoms with Crippen LogP contribution in [0.5, 0.6) is 0 Å². The highest BCUT2D eigenvalue weighted by Gasteiger charge is 2.32. The Hall–Kier alpha value is 0.0800. The molecule has 1 aliphatic carbocycles. The molecule has 6 heteroatoms. The van der Waals surface area contributed by atoms with Gasteiger partial charge in [0.05, 0.1) is 10.3 Å². The van der Waals surface area contributed by atoms with Gasteiger partial charge >= 0.3 is 0 Å². The Morgan fingerprint density at radius 3 is 2.75 bits per heavy atom. The number of halogens is 1. The lowest BCUT2D eigenvalue weighted by atomic mass is 10.2. The number of nitrogens with one attached hydrogen (secondary N) is 1. The van der Waals surface area contributed by atoms with Crippen LogP contribution in [0.25, 0.3) is 0 Å². The van der Waals surface area contributed by atoms with Gasteiger partial charge in [0.1, 0.15) is 0 Å². The molecule has 1 rings (SSSR count). The van der Waals surface area contributed by atoms with Gasteiger partial charge < -0.3 is 9.84 Å². The maximum absolute atomic E-state index is 9.41. The van der Waals surface area contributed by atoms with Crippen molar-refractivity contribution in [1.82, 2.24) is 10.3 Å². The highest BCUT2D eigenvalue weighted by molar-refractivity contribution is 14.1. The largest absolute Gasteiger partial charge is 0.356 e. The molecule has 0 aromatic heterocycles. The van der Waals surface area contributed by atoms with Gasteiger partial charge in [-0.05, 0) is 48.3 Å². The van der Waals surface area contributed by atoms with E-state index in [-0.39, 0.29) is 6.04 Å². The molecule has 1 aliphatic rings. The fourth-order valence-corrected chi connectivity index (χ4v) is 2.02. The van der Waals surface area contributed by atoms with Crippen LogP contribution in [0.15, 0.2) is 5.10 Å². The van der Waals surface area contributed by atoms with Gasteiger partial charge in [-0.2, -0.15) is 5.10 Å². The van der Waals surface area contributed by atoms with E-state index in [1.807, 2.05) is 19.0 Å². The first kappa shape index (κ1) is 14.1. The highest BCUT2D eigenvalue weighted by atomic mass is 127. The molecule has 2 N–H and O–H groups in total. The van der Waals surface area contributed by atoms with Gasteiger partial charge in [0.15, 0.2) is 0 Å². The summed E-state index contributed by atoms with van der Waals surface area (Å²) in [6, 6.07) is 0.236. The van der Waals surface area contributed by atoms with Crippen molar-refractivity contribution in [2.75, 3.05) is 20.7 Å². The van der Waals surface area contributed by atoms with Gasteiger partial charge in [-0.3, -0.25) is 10.3 Å². The summed E-state index contributed by atoms with van der Waals surface area (Å²) in [6.07, 6.45) is 1.55. The Balaban J connectivity index is 2.41. The molecule has 0 bridgehead atoms. The van der Waals surface area contributed by atoms with E-state index in [4.69, 9.17) is 4.74 Å². The lowest BCUT2D eigenvalue weighted by Crippen LogP contribution is -2.45. The van der Waals surface area contributed by atoms with E-state index < -0.39 is 6.41 Å². The van der Waals surface area contributed by atoms with Crippen molar-refractivity contribution in [1.29, 1.82) is 0 Å². The molecular weight excluding hydrogens is 321 g/mol. The third-order valence-corrected chi connectivity index (χ3v) is 2.76. The topological polar surface area (TPSA) is 57.1 Å². The number of nitrogens with zero attached hydrogens (tertiary/aromatic N) is 2. The summed E-state index contributed by atoms with van der Waals surface area (Å²) >= 11 is 2.18. The minimum Gasteiger partial charge on any atom is -0.356 e. The molecule has 5 nitrogen and oxygen atoms in total. The van der Waals surface area contributed by atoms with Crippen LogP contribution in [0.4, 0.5) is 0 Å². The van der Waals surface area contributed by atoms with E-state index in [0.29, 0.717) is 5.92 Å². The summed E-state index contributed by atoms with van der Waals surface area (Å²) in [5.74, 6) is 0.636. The molecule has 16 heavy (non-hydrogen) atoms. The van der Waals surface area contributed by atoms with Crippen LogP contribution in [0.1, 0.15) is 19.8 Å². The smallest absolute Gasteiger partial charge is 0.213 e. The molecule has 2 atom stereocenters. The average Bonchev–Trinajstić information content (AvgIpc) is 2.98. The van der Waals surface area contributed by atoms with Crippen molar-refractivity contribution in [2.24, 2.45) is 11.0 Å². The van der Waals surface area contributed by atoms with Gasteiger partial charge in [0.25, 0.3) is 0 Å². The second kappa shape index (κ2) is 6.73. The first-order chi connectivity index (χ1) is 7.52. The molecular formula is C10H20IN3O2. The number of ether oxygens (including phenoxy) is 1. The Labute approximate surface area is 110 Å². The summed E-state index contributed by atoms with van der Waals surface area (Å²) in [7, 11) is 3.43. The maximum Gasteiger partial charge on any atom is 0.213 e. The molecule has 0 heterocycles. The molecule has 0 radical (unpaired) electrons. The summed E-state index contributed by atoms with van der Waals surface area (Å²) in [4.78, 5) is 0. The lowest BCUT2D eigenvalue weighted by Gasteiger charge is -2.25. The zero-order valence-electron chi connectivity index (χ0n) is 9.98. The molecule has 0 aliphatic heterocycles. The van der Waals surface area contributed by atoms with Crippen molar-refractivity contribution in [3.8, 4) is 0 Å². The van der Waals surface area contributed by atoms with Gasteiger partial charge in [0, 0.05) is 20.2 Å². The third-order valence-electron chi connectivity index (χ3n) is 2.54. The van der Waals surface area contributed by atoms with Gasteiger partial charge in [-0.1, -0.05) is 0 Å². The molecule has 2 unspecified atom stereocenters. The number of aliphatic hydroxyl groups is 1. The zero-order chi connectivity index (χ0) is 12.1. The third kappa shape index (κ3) is 5.42. The monoisotopic (exact) mass is 341 g/mol. The molecule has 0 saturated heterocycles. The second-order valence-corrected chi connectivity index (χ2v) is 5.70. The summed E-state index contributed by atoms with van der Waals surface area (Å²) in [6.45, 7) is 2.74. The van der Waals surface area contributed by atoms with Crippen molar-refractivity contribution in [2.45, 2.75) is 32.2 Å². The summed E-state index contributed by atoms with van der Waals surface area (Å²) in [5, 5.41) is 18.7. The number of rotatable bonds is 7. The van der Waals surface area contributed by atoms with Crippen LogP contribution in [0.2, 0.25) is 0 Å². The van der Waals surface area contributed by atoms with Crippen LogP contribution in [0, 0.1) is 5.92 Å². The highest BCUT2D eigenvalue weighted by Crippen LogP contribution is 2.33. The van der Waals surface area contributed by atoms with E-state index in [2.05, 4.69) is 33.0 Å². The van der Waals surface area contributed by atoms with Crippen LogP contribution in [0.3, 0.4) is 0 Å². The predicted molar refractivity (Wildman–Crippen MR) is 72.4 cm³/mol. The zero-order valence-corrected chi connectivity index (χ0v) is 12.1. The summed E-state index contributed by atoms with van der Waals surface area (Å²) in [5.41, 5.74) is 0. The fraction of sp³-hybridized carbons (Fsp3) is 0.900. The minimum absolute atomic E-state index is 0.236. The quantitative estimate of drug-likeness (QED) is 0.314. The van der Waals surface area contributed by atoms with E-state index in [1.54, 1.807) is 0 Å². The molecule has 0 aromatic carbocycles. The Kier molecular flexibility index (Phi) is 5.95. The molecule has 0 aromatic rings. The normalized spacial score (nSPS) is 20.7. The predicted octanol–water partition coefficient (Wildman–Crippen LogP) is 0.977. The van der Waals surface area contributed by atoms with E-state index in [1.165, 1.54) is 20.0 Å². The number of hydrogen-bond donors (Lipinski definition) is 2. The Morgan fingerprint density at radius 1 is 1.69 bits per heavy atom. The molecule has 94 valence electrons. The SMILES string of the molecule is COC(O)NC(CN(C)/N=C(\C)I)C1CC1. The van der Waals surface area contributed by atoms with Gasteiger partial charge in [0.2, 0.25) is 6.41 Å². The van der Waals surface area contributed by atoms with Crippen LogP contribution in [-0.2, 0) is 4.74 Å². The average molecular weight is 341 g/mol. The number of hydrogen-bond acceptors (Lipinski definition) is 5. The van der Waals surface area contributed by atoms with E-state index in [9.17, 15) is 5.11 Å². The molecule has 0 amide bonds. The number of methoxy groups -OCH3 is 1. The van der Waals surface area contributed by atoms with Gasteiger partial charge in [-0.15, -0.1) is 0 Å². The van der Waals surface area contributed by atoms with E-state index in [0.717, 1.165) is 10.3 Å². The first-order valence-corrected chi connectivity index (χ1v) is 6.49. The first-order valence-electron chi connectivity index (χ1n) is 5.41. The summed E-state index contributed by atoms with van der Waals surface area (Å²) < 4.78 is 5.81. The maximum atomic E-state index is 9.41. The lowest BCUT2D eigenvalue weighted by molar-refractivity contribution is -0.106. The number of likely N-dealkylation sites (N-methyl/N-ethyl adjacent to an activating group) is 1. The number of hydrazone groups is 1. The van der Waals surface area contributed by atoms with Crippen molar-refractivity contribution in [3.63, 3.8) is 0 Å². The Bertz CT molecular complexity index is 242. The van der Waals surface area contributed by atoms with Crippen LogP contribution in [-0.4, -0.2) is 47.0 Å². The number of aliphatic hydroxyl groups excluding tert-OH is 1. The van der Waals surface area contributed by atoms with Crippen LogP contribution < -0.4 is 5.32 Å². The standard InChI is InChI=1S/C10H20IN3O2/c1-7(11)13-14(2)6-9(8-4-5-8)12-10(15)16-3/h8-10,12,15H,4-6H2,1-3H3/b13-7+. The van der Waals surface area contributed by atoms with Crippen LogP contribution >= 0.6 is 22.6 Å². The Morgan fingerprint density at radius 2 is 2.31 bits per heavy atom. The minimum atomic E-state index is -0.885. The molecule has 1 saturated carbocycles. The second-order valence-electron chi connectivity index (χ2n) is 4.14. The molecule has 0 spiro atoms. The van der Waals surface area contributed by atoms with Crippen molar-refractivity contribution < 1.29 is 9.84 Å². The fourth-order valence-electron chi connectivity index (χ4n) is 1.65. The van der Waals surface area contributed by atoms with Crippen molar-refractivity contribution in [3.05, 3.63) is 0 Å². The van der Waals surface area contributed by atoms with Crippen molar-refractivity contribution >= 4 is 26.3 Å². The van der Waals surface area contributed by atoms with E-state index >= 15 is 0 Å².